The smallest absolute Gasteiger partial charge is 0.350 e. The Morgan fingerprint density at radius 3 is 2.87 bits per heavy atom. The largest absolute Gasteiger partial charge is 0.462 e. The van der Waals surface area contributed by atoms with Crippen LogP contribution < -0.4 is 5.32 Å². The monoisotopic (exact) mass is 330 g/mol. The topological polar surface area (TPSA) is 81.4 Å². The number of fused-ring (bicyclic) bond motifs is 1. The number of carbonyl (C=O) groups is 2. The van der Waals surface area contributed by atoms with Gasteiger partial charge in [-0.2, -0.15) is 0 Å². The number of hydrogen-bond donors (Lipinski definition) is 1. The van der Waals surface area contributed by atoms with E-state index in [2.05, 4.69) is 10.3 Å². The molecule has 3 aromatic heterocycles. The lowest BCUT2D eigenvalue weighted by Gasteiger charge is -2.05. The zero-order valence-electron chi connectivity index (χ0n) is 12.6. The third-order valence-corrected chi connectivity index (χ3v) is 4.22. The van der Waals surface area contributed by atoms with Crippen LogP contribution in [0.2, 0.25) is 0 Å². The SMILES string of the molecule is CCOC(=O)c1sc2nc(C)ccc2c1NC(=O)c1ccco1. The number of nitrogens with one attached hydrogen (secondary N) is 1. The van der Waals surface area contributed by atoms with E-state index in [0.717, 1.165) is 5.69 Å². The van der Waals surface area contributed by atoms with E-state index in [-0.39, 0.29) is 12.4 Å². The Balaban J connectivity index is 2.06. The zero-order valence-corrected chi connectivity index (χ0v) is 13.4. The molecule has 0 bridgehead atoms. The van der Waals surface area contributed by atoms with Crippen LogP contribution in [-0.4, -0.2) is 23.5 Å². The number of pyridine rings is 1. The molecule has 0 unspecified atom stereocenters. The van der Waals surface area contributed by atoms with Gasteiger partial charge in [-0.05, 0) is 38.1 Å². The predicted molar refractivity (Wildman–Crippen MR) is 87.0 cm³/mol. The van der Waals surface area contributed by atoms with Gasteiger partial charge in [0, 0.05) is 11.1 Å². The third-order valence-electron chi connectivity index (χ3n) is 3.14. The summed E-state index contributed by atoms with van der Waals surface area (Å²) in [5.41, 5.74) is 1.23. The number of hydrogen-bond acceptors (Lipinski definition) is 6. The molecule has 6 nitrogen and oxygen atoms in total. The first kappa shape index (κ1) is 15.2. The normalized spacial score (nSPS) is 10.7. The number of carbonyl (C=O) groups excluding carboxylic acids is 2. The Kier molecular flexibility index (Phi) is 4.12. The van der Waals surface area contributed by atoms with Crippen molar-refractivity contribution in [3.05, 3.63) is 46.9 Å². The molecular formula is C16H14N2O4S. The van der Waals surface area contributed by atoms with E-state index in [1.54, 1.807) is 19.1 Å². The number of rotatable bonds is 4. The minimum Gasteiger partial charge on any atom is -0.462 e. The standard InChI is InChI=1S/C16H14N2O4S/c1-3-21-16(20)13-12(18-14(19)11-5-4-8-22-11)10-7-6-9(2)17-15(10)23-13/h4-8H,3H2,1-2H3,(H,18,19). The number of anilines is 1. The number of esters is 1. The molecule has 0 aliphatic rings. The Labute approximate surface area is 136 Å². The van der Waals surface area contributed by atoms with E-state index >= 15 is 0 Å². The summed E-state index contributed by atoms with van der Waals surface area (Å²) in [6.45, 7) is 3.85. The molecule has 0 aliphatic heterocycles. The summed E-state index contributed by atoms with van der Waals surface area (Å²) in [4.78, 5) is 29.8. The van der Waals surface area contributed by atoms with Crippen LogP contribution >= 0.6 is 11.3 Å². The molecule has 0 radical (unpaired) electrons. The average Bonchev–Trinajstić information content (AvgIpc) is 3.15. The van der Waals surface area contributed by atoms with E-state index in [1.807, 2.05) is 19.1 Å². The van der Waals surface area contributed by atoms with Crippen molar-refractivity contribution < 1.29 is 18.7 Å². The van der Waals surface area contributed by atoms with Crippen molar-refractivity contribution in [3.8, 4) is 0 Å². The number of furan rings is 1. The van der Waals surface area contributed by atoms with Gasteiger partial charge in [-0.25, -0.2) is 9.78 Å². The van der Waals surface area contributed by atoms with Crippen molar-refractivity contribution >= 4 is 39.1 Å². The molecule has 1 amide bonds. The van der Waals surface area contributed by atoms with E-state index in [0.29, 0.717) is 20.8 Å². The van der Waals surface area contributed by atoms with Crippen molar-refractivity contribution in [2.45, 2.75) is 13.8 Å². The minimum absolute atomic E-state index is 0.166. The van der Waals surface area contributed by atoms with Gasteiger partial charge in [0.1, 0.15) is 9.71 Å². The van der Waals surface area contributed by atoms with Crippen LogP contribution in [0.4, 0.5) is 5.69 Å². The first-order valence-corrected chi connectivity index (χ1v) is 7.84. The highest BCUT2D eigenvalue weighted by Crippen LogP contribution is 2.35. The zero-order chi connectivity index (χ0) is 16.4. The van der Waals surface area contributed by atoms with Crippen LogP contribution in [0.15, 0.2) is 34.9 Å². The average molecular weight is 330 g/mol. The quantitative estimate of drug-likeness (QED) is 0.739. The molecule has 3 aromatic rings. The highest BCUT2D eigenvalue weighted by atomic mass is 32.1. The molecule has 0 fully saturated rings. The van der Waals surface area contributed by atoms with Crippen molar-refractivity contribution in [2.75, 3.05) is 11.9 Å². The molecule has 7 heteroatoms. The van der Waals surface area contributed by atoms with E-state index in [1.165, 1.54) is 17.6 Å². The van der Waals surface area contributed by atoms with Crippen molar-refractivity contribution in [3.63, 3.8) is 0 Å². The summed E-state index contributed by atoms with van der Waals surface area (Å²) in [5, 5.41) is 3.43. The van der Waals surface area contributed by atoms with Crippen molar-refractivity contribution in [1.82, 2.24) is 4.98 Å². The molecule has 0 aliphatic carbocycles. The number of amides is 1. The Morgan fingerprint density at radius 2 is 2.17 bits per heavy atom. The maximum absolute atomic E-state index is 12.2. The van der Waals surface area contributed by atoms with Gasteiger partial charge in [0.2, 0.25) is 0 Å². The molecule has 118 valence electrons. The fourth-order valence-corrected chi connectivity index (χ4v) is 3.19. The fourth-order valence-electron chi connectivity index (χ4n) is 2.12. The lowest BCUT2D eigenvalue weighted by molar-refractivity contribution is 0.0533. The first-order valence-electron chi connectivity index (χ1n) is 7.02. The molecule has 0 saturated heterocycles. The van der Waals surface area contributed by atoms with Gasteiger partial charge in [-0.3, -0.25) is 4.79 Å². The van der Waals surface area contributed by atoms with Crippen LogP contribution in [0.25, 0.3) is 10.2 Å². The molecule has 0 spiro atoms. The molecular weight excluding hydrogens is 316 g/mol. The van der Waals surface area contributed by atoms with Gasteiger partial charge in [0.15, 0.2) is 5.76 Å². The van der Waals surface area contributed by atoms with Crippen LogP contribution in [0.5, 0.6) is 0 Å². The second kappa shape index (κ2) is 6.21. The van der Waals surface area contributed by atoms with Crippen LogP contribution in [0.3, 0.4) is 0 Å². The maximum Gasteiger partial charge on any atom is 0.350 e. The van der Waals surface area contributed by atoms with Gasteiger partial charge in [0.05, 0.1) is 18.6 Å². The van der Waals surface area contributed by atoms with Crippen LogP contribution in [0, 0.1) is 6.92 Å². The van der Waals surface area contributed by atoms with Gasteiger partial charge >= 0.3 is 5.97 Å². The highest BCUT2D eigenvalue weighted by Gasteiger charge is 2.23. The Morgan fingerprint density at radius 1 is 1.35 bits per heavy atom. The summed E-state index contributed by atoms with van der Waals surface area (Å²) in [6, 6.07) is 6.83. The lowest BCUT2D eigenvalue weighted by Crippen LogP contribution is -2.14. The van der Waals surface area contributed by atoms with Crippen molar-refractivity contribution in [1.29, 1.82) is 0 Å². The summed E-state index contributed by atoms with van der Waals surface area (Å²) in [5.74, 6) is -0.747. The number of aromatic nitrogens is 1. The molecule has 1 N–H and O–H groups in total. The Bertz CT molecular complexity index is 868. The highest BCUT2D eigenvalue weighted by molar-refractivity contribution is 7.21. The Hall–Kier alpha value is -2.67. The maximum atomic E-state index is 12.2. The van der Waals surface area contributed by atoms with Gasteiger partial charge in [0.25, 0.3) is 5.91 Å². The lowest BCUT2D eigenvalue weighted by atomic mass is 10.2. The molecule has 0 saturated carbocycles. The fraction of sp³-hybridized carbons (Fsp3) is 0.188. The second-order valence-electron chi connectivity index (χ2n) is 4.76. The number of nitrogens with zero attached hydrogens (tertiary/aromatic N) is 1. The number of aryl methyl sites for hydroxylation is 1. The van der Waals surface area contributed by atoms with E-state index in [4.69, 9.17) is 9.15 Å². The minimum atomic E-state index is -0.483. The molecule has 23 heavy (non-hydrogen) atoms. The second-order valence-corrected chi connectivity index (χ2v) is 5.76. The molecule has 0 atom stereocenters. The summed E-state index contributed by atoms with van der Waals surface area (Å²) in [7, 11) is 0. The van der Waals surface area contributed by atoms with E-state index in [9.17, 15) is 9.59 Å². The van der Waals surface area contributed by atoms with Crippen LogP contribution in [-0.2, 0) is 4.74 Å². The molecule has 3 heterocycles. The van der Waals surface area contributed by atoms with Crippen molar-refractivity contribution in [2.24, 2.45) is 0 Å². The third kappa shape index (κ3) is 2.95. The number of thiophene rings is 1. The summed E-state index contributed by atoms with van der Waals surface area (Å²) < 4.78 is 10.2. The van der Waals surface area contributed by atoms with Gasteiger partial charge in [-0.15, -0.1) is 11.3 Å². The first-order chi connectivity index (χ1) is 11.1. The predicted octanol–water partition coefficient (Wildman–Crippen LogP) is 3.63. The number of ether oxygens (including phenoxy) is 1. The van der Waals surface area contributed by atoms with Gasteiger partial charge < -0.3 is 14.5 Å². The molecule has 0 aromatic carbocycles. The summed E-state index contributed by atoms with van der Waals surface area (Å²) in [6.07, 6.45) is 1.41. The van der Waals surface area contributed by atoms with E-state index < -0.39 is 11.9 Å². The van der Waals surface area contributed by atoms with Gasteiger partial charge in [-0.1, -0.05) is 0 Å². The molecule has 3 rings (SSSR count). The summed E-state index contributed by atoms with van der Waals surface area (Å²) >= 11 is 1.19. The van der Waals surface area contributed by atoms with Crippen LogP contribution in [0.1, 0.15) is 32.8 Å².